The second-order valence-electron chi connectivity index (χ2n) is 8.61. The number of ether oxygens (including phenoxy) is 1. The van der Waals surface area contributed by atoms with Gasteiger partial charge in [0.1, 0.15) is 5.75 Å². The van der Waals surface area contributed by atoms with Crippen molar-refractivity contribution in [2.24, 2.45) is 5.73 Å². The Morgan fingerprint density at radius 3 is 2.47 bits per heavy atom. The lowest BCUT2D eigenvalue weighted by Gasteiger charge is -2.44. The van der Waals surface area contributed by atoms with Crippen LogP contribution in [0.1, 0.15) is 23.3 Å². The number of carbonyl (C=O) groups is 1. The molecule has 1 aliphatic heterocycles. The molecule has 0 saturated carbocycles. The van der Waals surface area contributed by atoms with Crippen molar-refractivity contribution in [2.45, 2.75) is 12.1 Å². The van der Waals surface area contributed by atoms with E-state index >= 15 is 0 Å². The average Bonchev–Trinajstić information content (AvgIpc) is 2.88. The number of aliphatic hydroxyl groups excluding tert-OH is 1. The van der Waals surface area contributed by atoms with Crippen LogP contribution in [0.5, 0.6) is 5.75 Å². The first-order chi connectivity index (χ1) is 17.3. The molecule has 0 bridgehead atoms. The van der Waals surface area contributed by atoms with Crippen molar-refractivity contribution in [3.8, 4) is 5.75 Å². The zero-order valence-corrected chi connectivity index (χ0v) is 21.0. The van der Waals surface area contributed by atoms with E-state index in [1.165, 1.54) is 0 Å². The number of hydrogen-bond acceptors (Lipinski definition) is 5. The molecule has 2 atom stereocenters. The van der Waals surface area contributed by atoms with Gasteiger partial charge in [0.25, 0.3) is 5.91 Å². The van der Waals surface area contributed by atoms with Gasteiger partial charge in [-0.25, -0.2) is 4.85 Å². The molecule has 1 aliphatic rings. The predicted molar refractivity (Wildman–Crippen MR) is 142 cm³/mol. The van der Waals surface area contributed by atoms with Gasteiger partial charge in [0, 0.05) is 37.3 Å². The van der Waals surface area contributed by atoms with Crippen molar-refractivity contribution >= 4 is 40.5 Å². The second kappa shape index (κ2) is 11.6. The summed E-state index contributed by atoms with van der Waals surface area (Å²) >= 11 is 12.8. The summed E-state index contributed by atoms with van der Waals surface area (Å²) in [5, 5.41) is 12.0. The molecule has 3 aromatic carbocycles. The third-order valence-corrected chi connectivity index (χ3v) is 6.72. The Morgan fingerprint density at radius 2 is 1.83 bits per heavy atom. The molecule has 0 spiro atoms. The zero-order valence-electron chi connectivity index (χ0n) is 19.5. The standard InChI is InChI=1S/C27H26Cl2N4O3/c1-31-21-8-4-19(5-9-21)26(34)16-32-12-13-33(25(15-32)18-2-6-20(28)7-3-18)24-11-10-22(14-23(24)29)36-17-27(30)35/h2-11,14,25-26,34H,12-13,15-17H2,(H2,30,35)/t25-,26+/m0/s1. The summed E-state index contributed by atoms with van der Waals surface area (Å²) in [5.41, 5.74) is 8.41. The van der Waals surface area contributed by atoms with E-state index in [1.807, 2.05) is 30.3 Å². The molecule has 186 valence electrons. The lowest BCUT2D eigenvalue weighted by molar-refractivity contribution is -0.119. The largest absolute Gasteiger partial charge is 0.484 e. The normalized spacial score (nSPS) is 16.8. The highest BCUT2D eigenvalue weighted by Crippen LogP contribution is 2.37. The Bertz CT molecular complexity index is 1250. The minimum Gasteiger partial charge on any atom is -0.484 e. The molecule has 1 heterocycles. The first-order valence-electron chi connectivity index (χ1n) is 11.4. The second-order valence-corrected chi connectivity index (χ2v) is 9.45. The van der Waals surface area contributed by atoms with Gasteiger partial charge in [-0.1, -0.05) is 59.6 Å². The molecule has 3 N–H and O–H groups in total. The Labute approximate surface area is 220 Å². The van der Waals surface area contributed by atoms with Crippen LogP contribution < -0.4 is 15.4 Å². The lowest BCUT2D eigenvalue weighted by atomic mass is 10.00. The Balaban J connectivity index is 1.55. The average molecular weight is 525 g/mol. The summed E-state index contributed by atoms with van der Waals surface area (Å²) in [6, 6.07) is 20.1. The number of β-amino-alcohol motifs (C(OH)–C–C–N with tert-alkyl or cyclic N) is 1. The van der Waals surface area contributed by atoms with Crippen LogP contribution in [-0.4, -0.2) is 48.7 Å². The fraction of sp³-hybridized carbons (Fsp3) is 0.259. The molecule has 9 heteroatoms. The van der Waals surface area contributed by atoms with Crippen LogP contribution in [0.2, 0.25) is 10.0 Å². The highest BCUT2D eigenvalue weighted by atomic mass is 35.5. The quantitative estimate of drug-likeness (QED) is 0.405. The van der Waals surface area contributed by atoms with Gasteiger partial charge in [-0.05, 0) is 35.4 Å². The lowest BCUT2D eigenvalue weighted by Crippen LogP contribution is -2.49. The number of amides is 1. The number of aliphatic hydroxyl groups is 1. The summed E-state index contributed by atoms with van der Waals surface area (Å²) in [5.74, 6) is -0.0878. The highest BCUT2D eigenvalue weighted by molar-refractivity contribution is 6.33. The van der Waals surface area contributed by atoms with Gasteiger partial charge in [-0.2, -0.15) is 0 Å². The molecule has 4 rings (SSSR count). The minimum atomic E-state index is -0.674. The molecule has 0 radical (unpaired) electrons. The zero-order chi connectivity index (χ0) is 25.7. The summed E-state index contributed by atoms with van der Waals surface area (Å²) in [6.45, 7) is 9.41. The molecule has 36 heavy (non-hydrogen) atoms. The van der Waals surface area contributed by atoms with Gasteiger partial charge in [0.05, 0.1) is 29.4 Å². The molecule has 0 aliphatic carbocycles. The monoisotopic (exact) mass is 524 g/mol. The van der Waals surface area contributed by atoms with Crippen LogP contribution in [0.25, 0.3) is 4.85 Å². The SMILES string of the molecule is [C-]#[N+]c1ccc([C@H](O)CN2CCN(c3ccc(OCC(N)=O)cc3Cl)[C@H](c3ccc(Cl)cc3)C2)cc1. The Kier molecular flexibility index (Phi) is 8.34. The topological polar surface area (TPSA) is 83.4 Å². The summed E-state index contributed by atoms with van der Waals surface area (Å²) in [6.07, 6.45) is -0.674. The number of rotatable bonds is 8. The third kappa shape index (κ3) is 6.28. The molecular formula is C27H26Cl2N4O3. The van der Waals surface area contributed by atoms with Gasteiger partial charge >= 0.3 is 0 Å². The summed E-state index contributed by atoms with van der Waals surface area (Å²) in [7, 11) is 0. The predicted octanol–water partition coefficient (Wildman–Crippen LogP) is 5.01. The Morgan fingerprint density at radius 1 is 1.11 bits per heavy atom. The van der Waals surface area contributed by atoms with E-state index in [4.69, 9.17) is 40.2 Å². The molecular weight excluding hydrogens is 499 g/mol. The van der Waals surface area contributed by atoms with Gasteiger partial charge in [0.2, 0.25) is 0 Å². The van der Waals surface area contributed by atoms with Crippen molar-refractivity contribution in [1.82, 2.24) is 4.90 Å². The first-order valence-corrected chi connectivity index (χ1v) is 12.2. The maximum atomic E-state index is 11.0. The molecule has 7 nitrogen and oxygen atoms in total. The number of halogens is 2. The van der Waals surface area contributed by atoms with E-state index in [2.05, 4.69) is 14.6 Å². The van der Waals surface area contributed by atoms with Crippen molar-refractivity contribution < 1.29 is 14.6 Å². The van der Waals surface area contributed by atoms with Crippen molar-refractivity contribution in [1.29, 1.82) is 0 Å². The number of carbonyl (C=O) groups excluding carboxylic acids is 1. The molecule has 3 aromatic rings. The molecule has 1 amide bonds. The number of nitrogens with zero attached hydrogens (tertiary/aromatic N) is 3. The van der Waals surface area contributed by atoms with Gasteiger partial charge in [-0.15, -0.1) is 0 Å². The van der Waals surface area contributed by atoms with Crippen molar-refractivity contribution in [3.05, 3.63) is 99.3 Å². The number of anilines is 1. The van der Waals surface area contributed by atoms with Crippen LogP contribution in [0.3, 0.4) is 0 Å². The van der Waals surface area contributed by atoms with Gasteiger partial charge < -0.3 is 20.5 Å². The summed E-state index contributed by atoms with van der Waals surface area (Å²) in [4.78, 5) is 18.9. The minimum absolute atomic E-state index is 0.0393. The van der Waals surface area contributed by atoms with Crippen LogP contribution in [0, 0.1) is 6.57 Å². The van der Waals surface area contributed by atoms with Gasteiger partial charge in [0.15, 0.2) is 12.3 Å². The van der Waals surface area contributed by atoms with Crippen molar-refractivity contribution in [2.75, 3.05) is 37.7 Å². The van der Waals surface area contributed by atoms with Crippen LogP contribution in [-0.2, 0) is 4.79 Å². The van der Waals surface area contributed by atoms with E-state index in [9.17, 15) is 9.90 Å². The molecule has 1 saturated heterocycles. The maximum Gasteiger partial charge on any atom is 0.255 e. The van der Waals surface area contributed by atoms with Crippen LogP contribution >= 0.6 is 23.2 Å². The number of nitrogens with two attached hydrogens (primary N) is 1. The first kappa shape index (κ1) is 25.8. The molecule has 0 unspecified atom stereocenters. The number of piperazine rings is 1. The van der Waals surface area contributed by atoms with Crippen LogP contribution in [0.15, 0.2) is 66.7 Å². The van der Waals surface area contributed by atoms with E-state index in [1.54, 1.807) is 36.4 Å². The molecule has 0 aromatic heterocycles. The fourth-order valence-corrected chi connectivity index (χ4v) is 4.75. The van der Waals surface area contributed by atoms with E-state index in [-0.39, 0.29) is 12.6 Å². The van der Waals surface area contributed by atoms with E-state index in [0.29, 0.717) is 41.1 Å². The fourth-order valence-electron chi connectivity index (χ4n) is 4.35. The van der Waals surface area contributed by atoms with Crippen LogP contribution in [0.4, 0.5) is 11.4 Å². The Hall–Kier alpha value is -3.28. The van der Waals surface area contributed by atoms with E-state index < -0.39 is 12.0 Å². The summed E-state index contributed by atoms with van der Waals surface area (Å²) < 4.78 is 5.39. The van der Waals surface area contributed by atoms with Crippen molar-refractivity contribution in [3.63, 3.8) is 0 Å². The smallest absolute Gasteiger partial charge is 0.255 e. The highest BCUT2D eigenvalue weighted by Gasteiger charge is 2.31. The maximum absolute atomic E-state index is 11.0. The number of primary amides is 1. The number of benzene rings is 3. The third-order valence-electron chi connectivity index (χ3n) is 6.17. The van der Waals surface area contributed by atoms with E-state index in [0.717, 1.165) is 23.4 Å². The van der Waals surface area contributed by atoms with Gasteiger partial charge in [-0.3, -0.25) is 9.69 Å². The molecule has 1 fully saturated rings. The number of hydrogen-bond donors (Lipinski definition) is 2.